The zero-order valence-corrected chi connectivity index (χ0v) is 13.6. The zero-order valence-electron chi connectivity index (χ0n) is 13.6. The van der Waals surface area contributed by atoms with E-state index in [-0.39, 0.29) is 11.8 Å². The van der Waals surface area contributed by atoms with Crippen molar-refractivity contribution < 1.29 is 9.90 Å². The summed E-state index contributed by atoms with van der Waals surface area (Å²) in [6, 6.07) is 0. The van der Waals surface area contributed by atoms with Crippen LogP contribution >= 0.6 is 0 Å². The van der Waals surface area contributed by atoms with E-state index < -0.39 is 5.60 Å². The van der Waals surface area contributed by atoms with Crippen LogP contribution in [-0.2, 0) is 4.79 Å². The van der Waals surface area contributed by atoms with Crippen LogP contribution in [0.2, 0.25) is 0 Å². The highest BCUT2D eigenvalue weighted by atomic mass is 16.3. The Kier molecular flexibility index (Phi) is 7.57. The first-order chi connectivity index (χ1) is 9.54. The Balaban J connectivity index is 2.29. The van der Waals surface area contributed by atoms with E-state index in [1.165, 1.54) is 32.1 Å². The van der Waals surface area contributed by atoms with Gasteiger partial charge in [0, 0.05) is 12.5 Å². The summed E-state index contributed by atoms with van der Waals surface area (Å²) in [4.78, 5) is 12.2. The molecule has 1 saturated carbocycles. The number of aliphatic hydroxyl groups is 1. The Labute approximate surface area is 124 Å². The minimum Gasteiger partial charge on any atom is -0.388 e. The summed E-state index contributed by atoms with van der Waals surface area (Å²) in [6.07, 6.45) is 9.74. The molecule has 0 unspecified atom stereocenters. The van der Waals surface area contributed by atoms with Gasteiger partial charge in [-0.2, -0.15) is 0 Å². The Morgan fingerprint density at radius 2 is 1.75 bits per heavy atom. The second kappa shape index (κ2) is 8.66. The van der Waals surface area contributed by atoms with Crippen LogP contribution in [0.1, 0.15) is 78.6 Å². The van der Waals surface area contributed by atoms with Crippen molar-refractivity contribution >= 4 is 5.91 Å². The standard InChI is InChI=1S/C17H33NO2/c1-4-7-8-14-9-11-15(12-10-14)16(19)18-13-17(20,5-2)6-3/h14-15,20H,4-13H2,1-3H3,(H,18,19). The van der Waals surface area contributed by atoms with Gasteiger partial charge in [0.25, 0.3) is 0 Å². The molecule has 0 aromatic heterocycles. The predicted molar refractivity (Wildman–Crippen MR) is 83.5 cm³/mol. The lowest BCUT2D eigenvalue weighted by atomic mass is 9.79. The third kappa shape index (κ3) is 5.43. The van der Waals surface area contributed by atoms with E-state index in [1.807, 2.05) is 13.8 Å². The largest absolute Gasteiger partial charge is 0.388 e. The number of nitrogens with one attached hydrogen (secondary N) is 1. The first-order valence-electron chi connectivity index (χ1n) is 8.54. The summed E-state index contributed by atoms with van der Waals surface area (Å²) in [5.74, 6) is 1.16. The van der Waals surface area contributed by atoms with Crippen molar-refractivity contribution in [3.63, 3.8) is 0 Å². The van der Waals surface area contributed by atoms with Gasteiger partial charge in [0.1, 0.15) is 0 Å². The molecule has 0 aromatic carbocycles. The molecule has 3 heteroatoms. The highest BCUT2D eigenvalue weighted by Gasteiger charge is 2.28. The van der Waals surface area contributed by atoms with Crippen LogP contribution in [0.3, 0.4) is 0 Å². The molecule has 0 radical (unpaired) electrons. The Bertz CT molecular complexity index is 279. The second-order valence-electron chi connectivity index (χ2n) is 6.51. The Morgan fingerprint density at radius 1 is 1.15 bits per heavy atom. The topological polar surface area (TPSA) is 49.3 Å². The van der Waals surface area contributed by atoms with E-state index in [2.05, 4.69) is 12.2 Å². The van der Waals surface area contributed by atoms with Crippen molar-refractivity contribution in [2.75, 3.05) is 6.54 Å². The van der Waals surface area contributed by atoms with E-state index in [0.717, 1.165) is 18.8 Å². The van der Waals surface area contributed by atoms with Crippen LogP contribution in [-0.4, -0.2) is 23.2 Å². The fourth-order valence-electron chi connectivity index (χ4n) is 3.10. The normalized spacial score (nSPS) is 23.6. The van der Waals surface area contributed by atoms with Crippen molar-refractivity contribution in [3.8, 4) is 0 Å². The molecule has 0 spiro atoms. The van der Waals surface area contributed by atoms with Crippen molar-refractivity contribution in [1.29, 1.82) is 0 Å². The van der Waals surface area contributed by atoms with Crippen LogP contribution < -0.4 is 5.32 Å². The number of rotatable bonds is 8. The summed E-state index contributed by atoms with van der Waals surface area (Å²) in [7, 11) is 0. The molecule has 0 bridgehead atoms. The lowest BCUT2D eigenvalue weighted by Gasteiger charge is -2.30. The van der Waals surface area contributed by atoms with Gasteiger partial charge in [0.05, 0.1) is 5.60 Å². The summed E-state index contributed by atoms with van der Waals surface area (Å²) in [5, 5.41) is 13.2. The zero-order chi connectivity index (χ0) is 15.0. The Hall–Kier alpha value is -0.570. The molecule has 0 saturated heterocycles. The Morgan fingerprint density at radius 3 is 2.25 bits per heavy atom. The van der Waals surface area contributed by atoms with Crippen molar-refractivity contribution in [2.24, 2.45) is 11.8 Å². The van der Waals surface area contributed by atoms with E-state index in [4.69, 9.17) is 0 Å². The quantitative estimate of drug-likeness (QED) is 0.714. The third-order valence-corrected chi connectivity index (χ3v) is 5.09. The molecular weight excluding hydrogens is 250 g/mol. The van der Waals surface area contributed by atoms with Gasteiger partial charge in [-0.05, 0) is 44.4 Å². The molecule has 0 atom stereocenters. The highest BCUT2D eigenvalue weighted by Crippen LogP contribution is 2.32. The molecule has 118 valence electrons. The van der Waals surface area contributed by atoms with Crippen LogP contribution in [0.4, 0.5) is 0 Å². The maximum absolute atomic E-state index is 12.2. The van der Waals surface area contributed by atoms with Gasteiger partial charge in [-0.3, -0.25) is 4.79 Å². The van der Waals surface area contributed by atoms with Gasteiger partial charge >= 0.3 is 0 Å². The molecule has 2 N–H and O–H groups in total. The molecule has 0 heterocycles. The number of hydrogen-bond donors (Lipinski definition) is 2. The molecule has 1 aliphatic carbocycles. The number of carbonyl (C=O) groups excluding carboxylic acids is 1. The number of carbonyl (C=O) groups is 1. The predicted octanol–water partition coefficient (Wildman–Crippen LogP) is 3.65. The van der Waals surface area contributed by atoms with Crippen LogP contribution in [0.5, 0.6) is 0 Å². The molecule has 0 aromatic rings. The summed E-state index contributed by atoms with van der Waals surface area (Å²) in [5.41, 5.74) is -0.728. The van der Waals surface area contributed by atoms with Crippen LogP contribution in [0.15, 0.2) is 0 Å². The minimum atomic E-state index is -0.728. The smallest absolute Gasteiger partial charge is 0.223 e. The fraction of sp³-hybridized carbons (Fsp3) is 0.941. The first-order valence-corrected chi connectivity index (χ1v) is 8.54. The van der Waals surface area contributed by atoms with Crippen molar-refractivity contribution in [2.45, 2.75) is 84.2 Å². The summed E-state index contributed by atoms with van der Waals surface area (Å²) in [6.45, 7) is 6.57. The van der Waals surface area contributed by atoms with Crippen LogP contribution in [0.25, 0.3) is 0 Å². The van der Waals surface area contributed by atoms with Crippen molar-refractivity contribution in [1.82, 2.24) is 5.32 Å². The number of hydrogen-bond acceptors (Lipinski definition) is 2. The van der Waals surface area contributed by atoms with Gasteiger partial charge in [-0.1, -0.05) is 40.0 Å². The van der Waals surface area contributed by atoms with Gasteiger partial charge < -0.3 is 10.4 Å². The average molecular weight is 283 g/mol. The molecular formula is C17H33NO2. The summed E-state index contributed by atoms with van der Waals surface area (Å²) < 4.78 is 0. The molecule has 20 heavy (non-hydrogen) atoms. The molecule has 1 aliphatic rings. The van der Waals surface area contributed by atoms with E-state index in [1.54, 1.807) is 0 Å². The van der Waals surface area contributed by atoms with Crippen LogP contribution in [0, 0.1) is 11.8 Å². The molecule has 1 amide bonds. The fourth-order valence-corrected chi connectivity index (χ4v) is 3.10. The van der Waals surface area contributed by atoms with E-state index in [9.17, 15) is 9.90 Å². The molecule has 0 aliphatic heterocycles. The molecule has 3 nitrogen and oxygen atoms in total. The maximum Gasteiger partial charge on any atom is 0.223 e. The molecule has 1 rings (SSSR count). The number of amides is 1. The van der Waals surface area contributed by atoms with Gasteiger partial charge in [0.2, 0.25) is 5.91 Å². The first kappa shape index (κ1) is 17.5. The van der Waals surface area contributed by atoms with Gasteiger partial charge in [0.15, 0.2) is 0 Å². The third-order valence-electron chi connectivity index (χ3n) is 5.09. The average Bonchev–Trinajstić information content (AvgIpc) is 2.50. The minimum absolute atomic E-state index is 0.152. The van der Waals surface area contributed by atoms with E-state index in [0.29, 0.717) is 19.4 Å². The molecule has 1 fully saturated rings. The van der Waals surface area contributed by atoms with Gasteiger partial charge in [-0.15, -0.1) is 0 Å². The number of unbranched alkanes of at least 4 members (excludes halogenated alkanes) is 1. The second-order valence-corrected chi connectivity index (χ2v) is 6.51. The van der Waals surface area contributed by atoms with Gasteiger partial charge in [-0.25, -0.2) is 0 Å². The maximum atomic E-state index is 12.2. The summed E-state index contributed by atoms with van der Waals surface area (Å²) >= 11 is 0. The SMILES string of the molecule is CCCCC1CCC(C(=O)NCC(O)(CC)CC)CC1. The van der Waals surface area contributed by atoms with E-state index >= 15 is 0 Å². The highest BCUT2D eigenvalue weighted by molar-refractivity contribution is 5.78. The lowest BCUT2D eigenvalue weighted by molar-refractivity contribution is -0.127. The monoisotopic (exact) mass is 283 g/mol. The lowest BCUT2D eigenvalue weighted by Crippen LogP contribution is -2.44. The van der Waals surface area contributed by atoms with Crippen molar-refractivity contribution in [3.05, 3.63) is 0 Å².